The van der Waals surface area contributed by atoms with Crippen LogP contribution in [0.25, 0.3) is 0 Å². The summed E-state index contributed by atoms with van der Waals surface area (Å²) >= 11 is 0. The number of hydrogen-bond acceptors (Lipinski definition) is 5. The number of likely N-dealkylation sites (N-methyl/N-ethyl adjacent to an activating group) is 1. The van der Waals surface area contributed by atoms with Crippen molar-refractivity contribution < 1.29 is 19.5 Å². The maximum Gasteiger partial charge on any atom is 0.334 e. The molecule has 0 radical (unpaired) electrons. The van der Waals surface area contributed by atoms with Gasteiger partial charge in [-0.1, -0.05) is 80.2 Å². The van der Waals surface area contributed by atoms with Gasteiger partial charge in [0, 0.05) is 20.0 Å². The number of urea groups is 1. The van der Waals surface area contributed by atoms with Gasteiger partial charge >= 0.3 is 6.03 Å². The number of aromatic hydroxyl groups is 1. The Labute approximate surface area is 235 Å². The molecule has 5 rings (SSSR count). The van der Waals surface area contributed by atoms with E-state index in [1.807, 2.05) is 67.6 Å². The number of amides is 4. The largest absolute Gasteiger partial charge is 0.508 e. The van der Waals surface area contributed by atoms with Crippen LogP contribution in [0.1, 0.15) is 37.1 Å². The number of hydrazine groups is 1. The van der Waals surface area contributed by atoms with Gasteiger partial charge in [0.15, 0.2) is 0 Å². The van der Waals surface area contributed by atoms with Gasteiger partial charge in [-0.2, -0.15) is 0 Å². The lowest BCUT2D eigenvalue weighted by atomic mass is 9.96. The minimum Gasteiger partial charge on any atom is -0.508 e. The Morgan fingerprint density at radius 3 is 2.23 bits per heavy atom. The zero-order valence-electron chi connectivity index (χ0n) is 22.1. The number of phenols is 1. The van der Waals surface area contributed by atoms with E-state index in [-0.39, 0.29) is 56.6 Å². The Hall–Kier alpha value is -4.37. The van der Waals surface area contributed by atoms with Gasteiger partial charge in [0.2, 0.25) is 11.8 Å². The van der Waals surface area contributed by atoms with Crippen molar-refractivity contribution in [3.8, 4) is 5.75 Å². The number of fused-ring (bicyclic) bond motifs is 1. The standard InChI is InChI=1S/C30H33N5O4.CH4/c1-21(24-11-7-4-8-12-24)33-19-27-34(26(29(33)38)17-22-13-15-25(36)16-14-22)28(37)20-32(2)35(27)30(39)31-18-23-9-5-3-6-10-23;/h3-16,21,26-27,36H,17-20H2,1-2H3,(H,31,39);1H4/t21-,26+,27?;/m1./s1. The SMILES string of the molecule is C.C[C@H](c1ccccc1)N1CC2N(C(=O)CN(C)N2C(=O)NCc2ccccc2)[C@@H](Cc2ccc(O)cc2)C1=O. The molecule has 9 heteroatoms. The third-order valence-electron chi connectivity index (χ3n) is 7.50. The summed E-state index contributed by atoms with van der Waals surface area (Å²) in [6.45, 7) is 2.46. The quantitative estimate of drug-likeness (QED) is 0.494. The summed E-state index contributed by atoms with van der Waals surface area (Å²) in [6, 6.07) is 24.6. The number of nitrogens with zero attached hydrogens (tertiary/aromatic N) is 4. The number of nitrogens with one attached hydrogen (secondary N) is 1. The minimum atomic E-state index is -0.801. The Balaban J connectivity index is 0.00000370. The highest BCUT2D eigenvalue weighted by Crippen LogP contribution is 2.32. The lowest BCUT2D eigenvalue weighted by Gasteiger charge is -2.55. The van der Waals surface area contributed by atoms with Crippen LogP contribution in [0.5, 0.6) is 5.75 Å². The number of hydrogen-bond donors (Lipinski definition) is 2. The number of phenolic OH excluding ortho intramolecular Hbond substituents is 1. The first kappa shape index (κ1) is 28.6. The van der Waals surface area contributed by atoms with Crippen LogP contribution >= 0.6 is 0 Å². The lowest BCUT2D eigenvalue weighted by Crippen LogP contribution is -2.76. The van der Waals surface area contributed by atoms with Gasteiger partial charge in [-0.15, -0.1) is 0 Å². The highest BCUT2D eigenvalue weighted by molar-refractivity contribution is 5.92. The number of piperazine rings is 1. The molecule has 40 heavy (non-hydrogen) atoms. The second-order valence-electron chi connectivity index (χ2n) is 10.0. The lowest BCUT2D eigenvalue weighted by molar-refractivity contribution is -0.189. The van der Waals surface area contributed by atoms with Crippen molar-refractivity contribution in [2.75, 3.05) is 20.1 Å². The van der Waals surface area contributed by atoms with Crippen molar-refractivity contribution in [3.05, 3.63) is 102 Å². The van der Waals surface area contributed by atoms with Gasteiger partial charge in [-0.05, 0) is 35.7 Å². The molecule has 0 saturated carbocycles. The monoisotopic (exact) mass is 543 g/mol. The fourth-order valence-corrected chi connectivity index (χ4v) is 5.43. The van der Waals surface area contributed by atoms with Crippen LogP contribution in [-0.4, -0.2) is 75.1 Å². The van der Waals surface area contributed by atoms with Crippen molar-refractivity contribution in [1.82, 2.24) is 25.1 Å². The van der Waals surface area contributed by atoms with Gasteiger partial charge in [-0.3, -0.25) is 9.59 Å². The van der Waals surface area contributed by atoms with Crippen LogP contribution in [-0.2, 0) is 22.6 Å². The molecular formula is C31H37N5O4. The molecule has 2 fully saturated rings. The van der Waals surface area contributed by atoms with Crippen LogP contribution in [0, 0.1) is 0 Å². The van der Waals surface area contributed by atoms with E-state index in [4.69, 9.17) is 0 Å². The zero-order valence-corrected chi connectivity index (χ0v) is 22.1. The average Bonchev–Trinajstić information content (AvgIpc) is 2.95. The number of benzene rings is 3. The van der Waals surface area contributed by atoms with E-state index < -0.39 is 12.2 Å². The maximum absolute atomic E-state index is 14.0. The molecule has 0 spiro atoms. The second kappa shape index (κ2) is 12.2. The van der Waals surface area contributed by atoms with E-state index in [0.717, 1.165) is 16.7 Å². The first-order valence-electron chi connectivity index (χ1n) is 13.1. The maximum atomic E-state index is 14.0. The topological polar surface area (TPSA) is 96.4 Å². The van der Waals surface area contributed by atoms with Crippen LogP contribution in [0.4, 0.5) is 4.79 Å². The van der Waals surface area contributed by atoms with E-state index in [0.29, 0.717) is 6.54 Å². The normalized spacial score (nSPS) is 20.0. The molecule has 0 aliphatic carbocycles. The van der Waals surface area contributed by atoms with Crippen molar-refractivity contribution in [1.29, 1.82) is 0 Å². The molecule has 0 bridgehead atoms. The van der Waals surface area contributed by atoms with E-state index in [1.54, 1.807) is 51.1 Å². The summed E-state index contributed by atoms with van der Waals surface area (Å²) in [5, 5.41) is 15.9. The summed E-state index contributed by atoms with van der Waals surface area (Å²) < 4.78 is 0. The molecule has 2 aliphatic rings. The summed E-state index contributed by atoms with van der Waals surface area (Å²) in [6.07, 6.45) is -0.416. The molecule has 3 aromatic rings. The van der Waals surface area contributed by atoms with Crippen LogP contribution in [0.15, 0.2) is 84.9 Å². The predicted octanol–water partition coefficient (Wildman–Crippen LogP) is 3.77. The van der Waals surface area contributed by atoms with E-state index in [9.17, 15) is 19.5 Å². The van der Waals surface area contributed by atoms with Crippen molar-refractivity contribution >= 4 is 17.8 Å². The fraction of sp³-hybridized carbons (Fsp3) is 0.323. The molecule has 2 N–H and O–H groups in total. The highest BCUT2D eigenvalue weighted by Gasteiger charge is 2.51. The Kier molecular flexibility index (Phi) is 8.74. The smallest absolute Gasteiger partial charge is 0.334 e. The van der Waals surface area contributed by atoms with Crippen LogP contribution < -0.4 is 5.32 Å². The van der Waals surface area contributed by atoms with E-state index in [2.05, 4.69) is 5.32 Å². The highest BCUT2D eigenvalue weighted by atomic mass is 16.3. The molecular weight excluding hydrogens is 506 g/mol. The van der Waals surface area contributed by atoms with Crippen molar-refractivity contribution in [2.24, 2.45) is 0 Å². The molecule has 3 atom stereocenters. The molecule has 1 unspecified atom stereocenters. The zero-order chi connectivity index (χ0) is 27.5. The van der Waals surface area contributed by atoms with Crippen LogP contribution in [0.2, 0.25) is 0 Å². The molecule has 2 saturated heterocycles. The van der Waals surface area contributed by atoms with Crippen molar-refractivity contribution in [3.63, 3.8) is 0 Å². The predicted molar refractivity (Wildman–Crippen MR) is 153 cm³/mol. The fourth-order valence-electron chi connectivity index (χ4n) is 5.43. The van der Waals surface area contributed by atoms with Gasteiger partial charge in [0.05, 0.1) is 19.1 Å². The average molecular weight is 544 g/mol. The Morgan fingerprint density at radius 2 is 1.57 bits per heavy atom. The molecule has 2 heterocycles. The molecule has 210 valence electrons. The molecule has 3 aromatic carbocycles. The summed E-state index contributed by atoms with van der Waals surface area (Å²) in [5.41, 5.74) is 2.74. The van der Waals surface area contributed by atoms with Gasteiger partial charge < -0.3 is 20.2 Å². The summed E-state index contributed by atoms with van der Waals surface area (Å²) in [5.74, 6) is -0.250. The molecule has 2 aliphatic heterocycles. The molecule has 9 nitrogen and oxygen atoms in total. The van der Waals surface area contributed by atoms with E-state index >= 15 is 0 Å². The molecule has 0 aromatic heterocycles. The number of rotatable bonds is 6. The summed E-state index contributed by atoms with van der Waals surface area (Å²) in [4.78, 5) is 44.4. The van der Waals surface area contributed by atoms with Crippen LogP contribution in [0.3, 0.4) is 0 Å². The second-order valence-corrected chi connectivity index (χ2v) is 10.0. The van der Waals surface area contributed by atoms with Gasteiger partial charge in [-0.25, -0.2) is 14.8 Å². The summed E-state index contributed by atoms with van der Waals surface area (Å²) in [7, 11) is 1.72. The van der Waals surface area contributed by atoms with Crippen molar-refractivity contribution in [2.45, 2.75) is 45.6 Å². The third-order valence-corrected chi connectivity index (χ3v) is 7.50. The minimum absolute atomic E-state index is 0. The van der Waals surface area contributed by atoms with Gasteiger partial charge in [0.1, 0.15) is 18.0 Å². The Bertz CT molecular complexity index is 1320. The third kappa shape index (κ3) is 5.79. The Morgan fingerprint density at radius 1 is 0.950 bits per heavy atom. The van der Waals surface area contributed by atoms with E-state index in [1.165, 1.54) is 0 Å². The first-order chi connectivity index (χ1) is 18.8. The first-order valence-corrected chi connectivity index (χ1v) is 13.1. The number of carbonyl (C=O) groups is 3. The van der Waals surface area contributed by atoms with Gasteiger partial charge in [0.25, 0.3) is 0 Å². The molecule has 4 amide bonds. The number of carbonyl (C=O) groups excluding carboxylic acids is 3.